The van der Waals surface area contributed by atoms with E-state index in [2.05, 4.69) is 11.8 Å². The van der Waals surface area contributed by atoms with Crippen LogP contribution in [0.25, 0.3) is 0 Å². The van der Waals surface area contributed by atoms with Crippen molar-refractivity contribution in [2.24, 2.45) is 5.41 Å². The van der Waals surface area contributed by atoms with E-state index in [0.717, 1.165) is 0 Å². The topological polar surface area (TPSA) is 29.5 Å². The average molecular weight is 250 g/mol. The highest BCUT2D eigenvalue weighted by atomic mass is 19.1. The monoisotopic (exact) mass is 250 g/mol. The molecule has 3 heteroatoms. The van der Waals surface area contributed by atoms with Crippen LogP contribution in [-0.2, 0) is 0 Å². The number of hydrogen-bond donors (Lipinski definition) is 1. The SMILES string of the molecule is COc1cc(C(O)CC#CC(C)(C)C)ccc1F. The Balaban J connectivity index is 2.78. The number of rotatable bonds is 3. The first-order chi connectivity index (χ1) is 8.33. The summed E-state index contributed by atoms with van der Waals surface area (Å²) < 4.78 is 18.1. The number of aliphatic hydroxyl groups is 1. The highest BCUT2D eigenvalue weighted by Gasteiger charge is 2.10. The van der Waals surface area contributed by atoms with Crippen molar-refractivity contribution in [2.75, 3.05) is 7.11 Å². The Kier molecular flexibility index (Phi) is 4.75. The summed E-state index contributed by atoms with van der Waals surface area (Å²) in [5, 5.41) is 9.95. The van der Waals surface area contributed by atoms with Crippen LogP contribution in [0.5, 0.6) is 5.75 Å². The van der Waals surface area contributed by atoms with Crippen LogP contribution in [0.15, 0.2) is 18.2 Å². The minimum absolute atomic E-state index is 0.0831. The minimum atomic E-state index is -0.727. The quantitative estimate of drug-likeness (QED) is 0.834. The third-order valence-corrected chi connectivity index (χ3v) is 2.32. The number of hydrogen-bond acceptors (Lipinski definition) is 2. The summed E-state index contributed by atoms with van der Waals surface area (Å²) in [6.07, 6.45) is -0.402. The molecule has 0 aliphatic heterocycles. The van der Waals surface area contributed by atoms with Crippen LogP contribution in [0, 0.1) is 23.1 Å². The van der Waals surface area contributed by atoms with Gasteiger partial charge in [0.1, 0.15) is 0 Å². The fourth-order valence-corrected chi connectivity index (χ4v) is 1.41. The van der Waals surface area contributed by atoms with Crippen LogP contribution in [-0.4, -0.2) is 12.2 Å². The lowest BCUT2D eigenvalue weighted by Crippen LogP contribution is -2.01. The largest absolute Gasteiger partial charge is 0.494 e. The minimum Gasteiger partial charge on any atom is -0.494 e. The van der Waals surface area contributed by atoms with Crippen molar-refractivity contribution in [1.29, 1.82) is 0 Å². The lowest BCUT2D eigenvalue weighted by atomic mass is 9.97. The Bertz CT molecular complexity index is 464. The molecule has 1 atom stereocenters. The lowest BCUT2D eigenvalue weighted by molar-refractivity contribution is 0.183. The van der Waals surface area contributed by atoms with Gasteiger partial charge < -0.3 is 9.84 Å². The summed E-state index contributed by atoms with van der Waals surface area (Å²) in [5.74, 6) is 5.69. The van der Waals surface area contributed by atoms with Crippen LogP contribution in [0.3, 0.4) is 0 Å². The summed E-state index contributed by atoms with van der Waals surface area (Å²) in [4.78, 5) is 0. The molecule has 0 radical (unpaired) electrons. The third kappa shape index (κ3) is 4.38. The maximum Gasteiger partial charge on any atom is 0.165 e. The van der Waals surface area contributed by atoms with Gasteiger partial charge >= 0.3 is 0 Å². The molecule has 98 valence electrons. The van der Waals surface area contributed by atoms with Crippen molar-refractivity contribution in [3.05, 3.63) is 29.6 Å². The first-order valence-corrected chi connectivity index (χ1v) is 5.85. The van der Waals surface area contributed by atoms with Crippen molar-refractivity contribution in [3.8, 4) is 17.6 Å². The molecule has 18 heavy (non-hydrogen) atoms. The Morgan fingerprint density at radius 1 is 1.39 bits per heavy atom. The van der Waals surface area contributed by atoms with Crippen LogP contribution < -0.4 is 4.74 Å². The molecule has 1 aromatic rings. The molecule has 1 rings (SSSR count). The van der Waals surface area contributed by atoms with Gasteiger partial charge in [0.2, 0.25) is 0 Å². The Labute approximate surface area is 108 Å². The Morgan fingerprint density at radius 2 is 2.06 bits per heavy atom. The molecule has 0 saturated carbocycles. The van der Waals surface area contributed by atoms with E-state index in [-0.39, 0.29) is 11.2 Å². The highest BCUT2D eigenvalue weighted by molar-refractivity contribution is 5.32. The zero-order chi connectivity index (χ0) is 13.8. The van der Waals surface area contributed by atoms with E-state index in [0.29, 0.717) is 12.0 Å². The zero-order valence-corrected chi connectivity index (χ0v) is 11.2. The molecular weight excluding hydrogens is 231 g/mol. The van der Waals surface area contributed by atoms with Gasteiger partial charge in [0.25, 0.3) is 0 Å². The molecule has 0 saturated heterocycles. The number of ether oxygens (including phenoxy) is 1. The van der Waals surface area contributed by atoms with Gasteiger partial charge in [-0.25, -0.2) is 4.39 Å². The standard InChI is InChI=1S/C15H19FO2/c1-15(2,3)9-5-6-13(17)11-7-8-12(16)14(10-11)18-4/h7-8,10,13,17H,6H2,1-4H3. The molecule has 0 aromatic heterocycles. The predicted molar refractivity (Wildman–Crippen MR) is 69.8 cm³/mol. The first-order valence-electron chi connectivity index (χ1n) is 5.85. The fraction of sp³-hybridized carbons (Fsp3) is 0.467. The average Bonchev–Trinajstić information content (AvgIpc) is 2.27. The van der Waals surface area contributed by atoms with Crippen molar-refractivity contribution >= 4 is 0 Å². The summed E-state index contributed by atoms with van der Waals surface area (Å²) in [5.41, 5.74) is 0.525. The molecule has 0 fully saturated rings. The van der Waals surface area contributed by atoms with Gasteiger partial charge in [-0.05, 0) is 38.5 Å². The summed E-state index contributed by atoms with van der Waals surface area (Å²) in [6, 6.07) is 4.33. The second-order valence-electron chi connectivity index (χ2n) is 5.17. The van der Waals surface area contributed by atoms with E-state index in [9.17, 15) is 9.50 Å². The van der Waals surface area contributed by atoms with Crippen molar-refractivity contribution in [3.63, 3.8) is 0 Å². The number of methoxy groups -OCH3 is 1. The Hall–Kier alpha value is -1.53. The van der Waals surface area contributed by atoms with E-state index in [1.807, 2.05) is 20.8 Å². The molecule has 0 spiro atoms. The van der Waals surface area contributed by atoms with Crippen LogP contribution in [0.1, 0.15) is 38.9 Å². The molecule has 0 aliphatic carbocycles. The van der Waals surface area contributed by atoms with Crippen molar-refractivity contribution in [2.45, 2.75) is 33.3 Å². The maximum atomic E-state index is 13.2. The molecule has 0 amide bonds. The normalized spacial score (nSPS) is 12.6. The molecule has 2 nitrogen and oxygen atoms in total. The number of benzene rings is 1. The number of halogens is 1. The molecule has 0 bridgehead atoms. The molecule has 1 unspecified atom stereocenters. The van der Waals surface area contributed by atoms with Crippen molar-refractivity contribution in [1.82, 2.24) is 0 Å². The molecule has 0 heterocycles. The smallest absolute Gasteiger partial charge is 0.165 e. The molecule has 0 aliphatic rings. The number of aliphatic hydroxyl groups excluding tert-OH is 1. The predicted octanol–water partition coefficient (Wildman–Crippen LogP) is 3.31. The summed E-state index contributed by atoms with van der Waals surface area (Å²) in [7, 11) is 1.40. The maximum absolute atomic E-state index is 13.2. The van der Waals surface area contributed by atoms with Gasteiger partial charge in [-0.1, -0.05) is 17.9 Å². The van der Waals surface area contributed by atoms with Crippen LogP contribution >= 0.6 is 0 Å². The van der Waals surface area contributed by atoms with Gasteiger partial charge in [0, 0.05) is 11.8 Å². The third-order valence-electron chi connectivity index (χ3n) is 2.32. The van der Waals surface area contributed by atoms with Crippen LogP contribution in [0.4, 0.5) is 4.39 Å². The second kappa shape index (κ2) is 5.88. The van der Waals surface area contributed by atoms with E-state index in [1.54, 1.807) is 6.07 Å². The fourth-order valence-electron chi connectivity index (χ4n) is 1.41. The van der Waals surface area contributed by atoms with E-state index < -0.39 is 11.9 Å². The van der Waals surface area contributed by atoms with E-state index in [1.165, 1.54) is 19.2 Å². The van der Waals surface area contributed by atoms with E-state index >= 15 is 0 Å². The summed E-state index contributed by atoms with van der Waals surface area (Å²) >= 11 is 0. The van der Waals surface area contributed by atoms with Crippen molar-refractivity contribution < 1.29 is 14.2 Å². The van der Waals surface area contributed by atoms with Gasteiger partial charge in [-0.2, -0.15) is 0 Å². The van der Waals surface area contributed by atoms with Gasteiger partial charge in [0.15, 0.2) is 11.6 Å². The second-order valence-corrected chi connectivity index (χ2v) is 5.17. The van der Waals surface area contributed by atoms with E-state index in [4.69, 9.17) is 4.74 Å². The summed E-state index contributed by atoms with van der Waals surface area (Å²) in [6.45, 7) is 6.02. The van der Waals surface area contributed by atoms with Gasteiger partial charge in [-0.15, -0.1) is 0 Å². The van der Waals surface area contributed by atoms with Gasteiger partial charge in [0.05, 0.1) is 13.2 Å². The molecule has 1 N–H and O–H groups in total. The first kappa shape index (κ1) is 14.5. The van der Waals surface area contributed by atoms with Gasteiger partial charge in [-0.3, -0.25) is 0 Å². The van der Waals surface area contributed by atoms with Crippen LogP contribution in [0.2, 0.25) is 0 Å². The lowest BCUT2D eigenvalue weighted by Gasteiger charge is -2.11. The molecular formula is C15H19FO2. The Morgan fingerprint density at radius 3 is 2.61 bits per heavy atom. The molecule has 1 aromatic carbocycles. The zero-order valence-electron chi connectivity index (χ0n) is 11.2. The highest BCUT2D eigenvalue weighted by Crippen LogP contribution is 2.24.